The molecule has 1 aromatic heterocycles. The maximum absolute atomic E-state index is 10.9. The Balaban J connectivity index is 2.67. The van der Waals surface area contributed by atoms with E-state index in [0.717, 1.165) is 17.4 Å². The van der Waals surface area contributed by atoms with Crippen molar-refractivity contribution in [1.29, 1.82) is 0 Å². The molecule has 78 valence electrons. The summed E-state index contributed by atoms with van der Waals surface area (Å²) >= 11 is 0. The van der Waals surface area contributed by atoms with Crippen molar-refractivity contribution in [2.45, 2.75) is 0 Å². The van der Waals surface area contributed by atoms with Gasteiger partial charge in [-0.2, -0.15) is 0 Å². The number of hydrogen-bond acceptors (Lipinski definition) is 2. The lowest BCUT2D eigenvalue weighted by Gasteiger charge is -2.06. The first-order valence-electron chi connectivity index (χ1n) is 4.99. The summed E-state index contributed by atoms with van der Waals surface area (Å²) in [6.45, 7) is 3.76. The van der Waals surface area contributed by atoms with Crippen molar-refractivity contribution >= 4 is 12.4 Å². The Morgan fingerprint density at radius 3 is 2.56 bits per heavy atom. The van der Waals surface area contributed by atoms with Crippen LogP contribution in [0.15, 0.2) is 49.2 Å². The van der Waals surface area contributed by atoms with Gasteiger partial charge in [0.2, 0.25) is 0 Å². The highest BCUT2D eigenvalue weighted by Crippen LogP contribution is 2.24. The molecule has 0 amide bonds. The van der Waals surface area contributed by atoms with E-state index in [9.17, 15) is 4.79 Å². The second-order valence-corrected chi connectivity index (χ2v) is 3.35. The van der Waals surface area contributed by atoms with Crippen molar-refractivity contribution in [3.63, 3.8) is 0 Å². The van der Waals surface area contributed by atoms with Gasteiger partial charge in [0.05, 0.1) is 5.69 Å². The number of aromatic nitrogens is 1. The number of carbonyl (C=O) groups excluding carboxylic acids is 1. The number of hydrogen-bond donors (Lipinski definition) is 0. The number of pyridine rings is 1. The van der Waals surface area contributed by atoms with Gasteiger partial charge in [-0.15, -0.1) is 0 Å². The molecule has 0 N–H and O–H groups in total. The van der Waals surface area contributed by atoms with E-state index in [1.807, 2.05) is 24.3 Å². The molecule has 2 aromatic rings. The van der Waals surface area contributed by atoms with E-state index in [2.05, 4.69) is 11.6 Å². The van der Waals surface area contributed by atoms with Crippen molar-refractivity contribution in [3.8, 4) is 11.3 Å². The minimum Gasteiger partial charge on any atom is -0.298 e. The molecule has 0 fully saturated rings. The summed E-state index contributed by atoms with van der Waals surface area (Å²) in [4.78, 5) is 15.2. The molecule has 1 heterocycles. The van der Waals surface area contributed by atoms with Crippen LogP contribution in [0.4, 0.5) is 0 Å². The van der Waals surface area contributed by atoms with E-state index in [1.54, 1.807) is 24.4 Å². The molecule has 0 aliphatic carbocycles. The van der Waals surface area contributed by atoms with Crippen LogP contribution in [0.3, 0.4) is 0 Å². The minimum atomic E-state index is 0.594. The summed E-state index contributed by atoms with van der Waals surface area (Å²) in [5.41, 5.74) is 3.20. The lowest BCUT2D eigenvalue weighted by atomic mass is 10.0. The molecule has 2 heteroatoms. The van der Waals surface area contributed by atoms with Crippen LogP contribution < -0.4 is 0 Å². The summed E-state index contributed by atoms with van der Waals surface area (Å²) in [6.07, 6.45) is 4.27. The number of nitrogens with zero attached hydrogens (tertiary/aromatic N) is 1. The summed E-state index contributed by atoms with van der Waals surface area (Å²) in [5, 5.41) is 0. The molecule has 0 aliphatic rings. The minimum absolute atomic E-state index is 0.594. The van der Waals surface area contributed by atoms with Gasteiger partial charge in [-0.05, 0) is 17.7 Å². The van der Waals surface area contributed by atoms with Crippen LogP contribution in [0.2, 0.25) is 0 Å². The normalized spacial score (nSPS) is 9.75. The van der Waals surface area contributed by atoms with Gasteiger partial charge in [0.1, 0.15) is 0 Å². The predicted octanol–water partition coefficient (Wildman–Crippen LogP) is 3.20. The Kier molecular flexibility index (Phi) is 2.92. The average Bonchev–Trinajstić information content (AvgIpc) is 2.38. The first kappa shape index (κ1) is 10.3. The van der Waals surface area contributed by atoms with E-state index in [1.165, 1.54) is 0 Å². The zero-order chi connectivity index (χ0) is 11.4. The molecule has 0 atom stereocenters. The van der Waals surface area contributed by atoms with Gasteiger partial charge >= 0.3 is 0 Å². The second kappa shape index (κ2) is 4.53. The second-order valence-electron chi connectivity index (χ2n) is 3.35. The monoisotopic (exact) mass is 209 g/mol. The molecule has 0 spiro atoms. The van der Waals surface area contributed by atoms with Gasteiger partial charge in [-0.3, -0.25) is 9.78 Å². The Hall–Kier alpha value is -2.22. The van der Waals surface area contributed by atoms with E-state index in [0.29, 0.717) is 11.3 Å². The fourth-order valence-corrected chi connectivity index (χ4v) is 1.63. The van der Waals surface area contributed by atoms with Gasteiger partial charge in [0.15, 0.2) is 6.29 Å². The van der Waals surface area contributed by atoms with Gasteiger partial charge in [-0.1, -0.05) is 36.9 Å². The maximum Gasteiger partial charge on any atom is 0.152 e. The molecule has 0 bridgehead atoms. The van der Waals surface area contributed by atoms with Gasteiger partial charge < -0.3 is 0 Å². The van der Waals surface area contributed by atoms with Crippen molar-refractivity contribution < 1.29 is 4.79 Å². The van der Waals surface area contributed by atoms with E-state index in [4.69, 9.17) is 0 Å². The zero-order valence-electron chi connectivity index (χ0n) is 8.76. The largest absolute Gasteiger partial charge is 0.298 e. The highest BCUT2D eigenvalue weighted by molar-refractivity contribution is 5.87. The number of carbonyl (C=O) groups is 1. The number of aldehydes is 1. The van der Waals surface area contributed by atoms with E-state index >= 15 is 0 Å². The Bertz CT molecular complexity index is 482. The topological polar surface area (TPSA) is 30.0 Å². The van der Waals surface area contributed by atoms with Crippen LogP contribution in [0.25, 0.3) is 17.3 Å². The van der Waals surface area contributed by atoms with Gasteiger partial charge in [-0.25, -0.2) is 0 Å². The van der Waals surface area contributed by atoms with Crippen molar-refractivity contribution in [2.75, 3.05) is 0 Å². The first-order chi connectivity index (χ1) is 7.86. The SMILES string of the molecule is C=Cc1ccccc1-c1ncccc1C=O. The third kappa shape index (κ3) is 1.77. The molecule has 0 aliphatic heterocycles. The van der Waals surface area contributed by atoms with Crippen molar-refractivity contribution in [2.24, 2.45) is 0 Å². The summed E-state index contributed by atoms with van der Waals surface area (Å²) in [7, 11) is 0. The molecule has 2 nitrogen and oxygen atoms in total. The fraction of sp³-hybridized carbons (Fsp3) is 0. The standard InChI is InChI=1S/C14H11NO/c1-2-11-6-3-4-8-13(11)14-12(10-16)7-5-9-15-14/h2-10H,1H2. The quantitative estimate of drug-likeness (QED) is 0.726. The highest BCUT2D eigenvalue weighted by atomic mass is 16.1. The molecule has 0 saturated heterocycles. The van der Waals surface area contributed by atoms with Crippen molar-refractivity contribution in [1.82, 2.24) is 4.98 Å². The predicted molar refractivity (Wildman–Crippen MR) is 65.2 cm³/mol. The first-order valence-corrected chi connectivity index (χ1v) is 4.99. The fourth-order valence-electron chi connectivity index (χ4n) is 1.63. The maximum atomic E-state index is 10.9. The van der Waals surface area contributed by atoms with Crippen LogP contribution in [-0.4, -0.2) is 11.3 Å². The smallest absolute Gasteiger partial charge is 0.152 e. The van der Waals surface area contributed by atoms with Crippen LogP contribution in [-0.2, 0) is 0 Å². The summed E-state index contributed by atoms with van der Waals surface area (Å²) in [6, 6.07) is 11.3. The molecule has 1 aromatic carbocycles. The summed E-state index contributed by atoms with van der Waals surface area (Å²) < 4.78 is 0. The van der Waals surface area contributed by atoms with Gasteiger partial charge in [0.25, 0.3) is 0 Å². The van der Waals surface area contributed by atoms with Crippen LogP contribution in [0.1, 0.15) is 15.9 Å². The molecule has 2 rings (SSSR count). The zero-order valence-corrected chi connectivity index (χ0v) is 8.76. The summed E-state index contributed by atoms with van der Waals surface area (Å²) in [5.74, 6) is 0. The highest BCUT2D eigenvalue weighted by Gasteiger charge is 2.07. The lowest BCUT2D eigenvalue weighted by molar-refractivity contribution is 0.112. The van der Waals surface area contributed by atoms with Crippen molar-refractivity contribution in [3.05, 3.63) is 60.3 Å². The van der Waals surface area contributed by atoms with Gasteiger partial charge in [0, 0.05) is 17.3 Å². The molecular formula is C14H11NO. The average molecular weight is 209 g/mol. The van der Waals surface area contributed by atoms with E-state index < -0.39 is 0 Å². The Labute approximate surface area is 94.3 Å². The molecule has 16 heavy (non-hydrogen) atoms. The van der Waals surface area contributed by atoms with Crippen LogP contribution in [0.5, 0.6) is 0 Å². The van der Waals surface area contributed by atoms with Crippen LogP contribution >= 0.6 is 0 Å². The molecule has 0 saturated carbocycles. The number of rotatable bonds is 3. The Morgan fingerprint density at radius 2 is 1.81 bits per heavy atom. The molecular weight excluding hydrogens is 198 g/mol. The third-order valence-electron chi connectivity index (χ3n) is 2.40. The number of benzene rings is 1. The van der Waals surface area contributed by atoms with Crippen LogP contribution in [0, 0.1) is 0 Å². The van der Waals surface area contributed by atoms with E-state index in [-0.39, 0.29) is 0 Å². The molecule has 0 unspecified atom stereocenters. The Morgan fingerprint density at radius 1 is 1.06 bits per heavy atom. The molecule has 0 radical (unpaired) electrons. The third-order valence-corrected chi connectivity index (χ3v) is 2.40. The lowest BCUT2D eigenvalue weighted by Crippen LogP contribution is -1.92.